The van der Waals surface area contributed by atoms with Gasteiger partial charge in [-0.2, -0.15) is 4.74 Å². The highest BCUT2D eigenvalue weighted by molar-refractivity contribution is 6.48. The van der Waals surface area contributed by atoms with Gasteiger partial charge >= 0.3 is 0 Å². The Bertz CT molecular complexity index is 1760. The van der Waals surface area contributed by atoms with Crippen LogP contribution in [0.2, 0.25) is 0 Å². The molecule has 0 spiro atoms. The SMILES string of the molecule is CNc1ccc(-c2ccc(-c3c(C)on(C)c3=O)cc2)cc1C(=N)C(=O)Nc1cccc(-c2ncc(C)[nH]2)c1. The van der Waals surface area contributed by atoms with Crippen molar-refractivity contribution in [3.05, 3.63) is 100 Å². The van der Waals surface area contributed by atoms with Gasteiger partial charge in [-0.25, -0.2) is 4.98 Å². The second kappa shape index (κ2) is 10.3. The molecular formula is C30H28N6O3. The van der Waals surface area contributed by atoms with Crippen molar-refractivity contribution < 1.29 is 9.32 Å². The molecule has 39 heavy (non-hydrogen) atoms. The molecule has 0 unspecified atom stereocenters. The Morgan fingerprint density at radius 3 is 2.33 bits per heavy atom. The first-order valence-corrected chi connectivity index (χ1v) is 12.4. The molecule has 0 bridgehead atoms. The number of nitrogens with zero attached hydrogens (tertiary/aromatic N) is 2. The molecule has 0 atom stereocenters. The number of carbonyl (C=O) groups is 1. The average molecular weight is 521 g/mol. The molecule has 0 aliphatic carbocycles. The summed E-state index contributed by atoms with van der Waals surface area (Å²) in [6, 6.07) is 20.4. The number of amides is 1. The van der Waals surface area contributed by atoms with Crippen molar-refractivity contribution >= 4 is 23.0 Å². The van der Waals surface area contributed by atoms with Gasteiger partial charge in [0.15, 0.2) is 0 Å². The Morgan fingerprint density at radius 2 is 1.69 bits per heavy atom. The summed E-state index contributed by atoms with van der Waals surface area (Å²) in [6.07, 6.45) is 1.75. The molecule has 0 aliphatic rings. The Kier molecular flexibility index (Phi) is 6.72. The molecule has 5 aromatic rings. The quantitative estimate of drug-likeness (QED) is 0.215. The number of carbonyl (C=O) groups excluding carboxylic acids is 1. The molecular weight excluding hydrogens is 492 g/mol. The minimum atomic E-state index is -0.530. The first kappa shape index (κ1) is 25.5. The van der Waals surface area contributed by atoms with Crippen LogP contribution in [0, 0.1) is 19.3 Å². The van der Waals surface area contributed by atoms with Crippen LogP contribution in [0.25, 0.3) is 33.6 Å². The van der Waals surface area contributed by atoms with E-state index in [0.717, 1.165) is 27.9 Å². The van der Waals surface area contributed by atoms with Crippen LogP contribution in [0.4, 0.5) is 11.4 Å². The van der Waals surface area contributed by atoms with Crippen molar-refractivity contribution in [1.29, 1.82) is 5.41 Å². The summed E-state index contributed by atoms with van der Waals surface area (Å²) in [4.78, 5) is 33.1. The minimum absolute atomic E-state index is 0.172. The number of benzene rings is 3. The lowest BCUT2D eigenvalue weighted by molar-refractivity contribution is -0.110. The van der Waals surface area contributed by atoms with Crippen LogP contribution < -0.4 is 16.2 Å². The van der Waals surface area contributed by atoms with Crippen LogP contribution in [0.3, 0.4) is 0 Å². The molecule has 9 heteroatoms. The average Bonchev–Trinajstić information content (AvgIpc) is 3.49. The van der Waals surface area contributed by atoms with E-state index < -0.39 is 5.91 Å². The topological polar surface area (TPSA) is 129 Å². The number of aromatic nitrogens is 3. The molecule has 4 N–H and O–H groups in total. The van der Waals surface area contributed by atoms with E-state index in [9.17, 15) is 9.59 Å². The summed E-state index contributed by atoms with van der Waals surface area (Å²) in [5, 5.41) is 14.6. The van der Waals surface area contributed by atoms with Crippen LogP contribution in [-0.4, -0.2) is 33.4 Å². The molecule has 9 nitrogen and oxygen atoms in total. The van der Waals surface area contributed by atoms with Gasteiger partial charge in [0.1, 0.15) is 17.3 Å². The van der Waals surface area contributed by atoms with Gasteiger partial charge in [-0.3, -0.25) is 15.0 Å². The summed E-state index contributed by atoms with van der Waals surface area (Å²) in [6.45, 7) is 3.69. The number of H-pyrrole nitrogens is 1. The number of imidazole rings is 1. The van der Waals surface area contributed by atoms with E-state index in [1.807, 2.05) is 67.6 Å². The van der Waals surface area contributed by atoms with Crippen molar-refractivity contribution in [2.24, 2.45) is 7.05 Å². The van der Waals surface area contributed by atoms with Gasteiger partial charge in [-0.05, 0) is 54.8 Å². The number of hydrogen-bond acceptors (Lipinski definition) is 6. The zero-order valence-electron chi connectivity index (χ0n) is 22.0. The maximum atomic E-state index is 13.1. The summed E-state index contributed by atoms with van der Waals surface area (Å²) in [5.41, 5.74) is 6.11. The number of rotatable bonds is 7. The van der Waals surface area contributed by atoms with E-state index in [0.29, 0.717) is 34.1 Å². The lowest BCUT2D eigenvalue weighted by Crippen LogP contribution is -2.23. The molecule has 0 radical (unpaired) electrons. The van der Waals surface area contributed by atoms with Crippen molar-refractivity contribution in [2.75, 3.05) is 17.7 Å². The van der Waals surface area contributed by atoms with Crippen LogP contribution in [-0.2, 0) is 11.8 Å². The van der Waals surface area contributed by atoms with Crippen molar-refractivity contribution in [3.63, 3.8) is 0 Å². The molecule has 2 heterocycles. The van der Waals surface area contributed by atoms with E-state index >= 15 is 0 Å². The van der Waals surface area contributed by atoms with Gasteiger partial charge in [0.2, 0.25) is 0 Å². The molecule has 2 aromatic heterocycles. The maximum absolute atomic E-state index is 13.1. The Labute approximate surface area is 225 Å². The lowest BCUT2D eigenvalue weighted by Gasteiger charge is -2.14. The fraction of sp³-hybridized carbons (Fsp3) is 0.133. The maximum Gasteiger partial charge on any atom is 0.290 e. The molecule has 1 amide bonds. The number of aryl methyl sites for hydroxylation is 3. The van der Waals surface area contributed by atoms with Gasteiger partial charge in [0, 0.05) is 48.5 Å². The monoisotopic (exact) mass is 520 g/mol. The third-order valence-electron chi connectivity index (χ3n) is 6.51. The van der Waals surface area contributed by atoms with E-state index in [4.69, 9.17) is 9.93 Å². The van der Waals surface area contributed by atoms with Gasteiger partial charge < -0.3 is 20.1 Å². The van der Waals surface area contributed by atoms with E-state index in [1.165, 1.54) is 4.74 Å². The summed E-state index contributed by atoms with van der Waals surface area (Å²) < 4.78 is 6.62. The highest BCUT2D eigenvalue weighted by Gasteiger charge is 2.18. The smallest absolute Gasteiger partial charge is 0.290 e. The van der Waals surface area contributed by atoms with Crippen LogP contribution >= 0.6 is 0 Å². The second-order valence-electron chi connectivity index (χ2n) is 9.24. The third-order valence-corrected chi connectivity index (χ3v) is 6.51. The zero-order chi connectivity index (χ0) is 27.7. The van der Waals surface area contributed by atoms with Crippen molar-refractivity contribution in [1.82, 2.24) is 14.7 Å². The molecule has 0 aliphatic heterocycles. The molecule has 3 aromatic carbocycles. The van der Waals surface area contributed by atoms with Crippen molar-refractivity contribution in [3.8, 4) is 33.6 Å². The number of hydrogen-bond donors (Lipinski definition) is 4. The fourth-order valence-electron chi connectivity index (χ4n) is 4.52. The third kappa shape index (κ3) is 5.02. The van der Waals surface area contributed by atoms with Gasteiger partial charge in [-0.1, -0.05) is 42.5 Å². The molecule has 5 rings (SSSR count). The first-order chi connectivity index (χ1) is 18.7. The van der Waals surface area contributed by atoms with Crippen LogP contribution in [0.15, 0.2) is 82.2 Å². The molecule has 196 valence electrons. The number of nitrogens with one attached hydrogen (secondary N) is 4. The number of aromatic amines is 1. The van der Waals surface area contributed by atoms with E-state index in [2.05, 4.69) is 20.6 Å². The molecule has 0 saturated carbocycles. The summed E-state index contributed by atoms with van der Waals surface area (Å²) in [7, 11) is 3.33. The predicted molar refractivity (Wildman–Crippen MR) is 153 cm³/mol. The highest BCUT2D eigenvalue weighted by Crippen LogP contribution is 2.29. The molecule has 0 saturated heterocycles. The van der Waals surface area contributed by atoms with Crippen molar-refractivity contribution in [2.45, 2.75) is 13.8 Å². The van der Waals surface area contributed by atoms with Crippen LogP contribution in [0.1, 0.15) is 17.0 Å². The van der Waals surface area contributed by atoms with Gasteiger partial charge in [0.05, 0.1) is 5.56 Å². The van der Waals surface area contributed by atoms with Crippen LogP contribution in [0.5, 0.6) is 0 Å². The van der Waals surface area contributed by atoms with E-state index in [-0.39, 0.29) is 11.3 Å². The highest BCUT2D eigenvalue weighted by atomic mass is 16.5. The lowest BCUT2D eigenvalue weighted by atomic mass is 9.97. The Hall–Kier alpha value is -5.18. The Balaban J connectivity index is 1.40. The van der Waals surface area contributed by atoms with Gasteiger partial charge in [-0.15, -0.1) is 0 Å². The zero-order valence-corrected chi connectivity index (χ0v) is 22.0. The Morgan fingerprint density at radius 1 is 0.974 bits per heavy atom. The largest absolute Gasteiger partial charge is 0.388 e. The molecule has 0 fully saturated rings. The van der Waals surface area contributed by atoms with Gasteiger partial charge in [0.25, 0.3) is 11.5 Å². The minimum Gasteiger partial charge on any atom is -0.388 e. The summed E-state index contributed by atoms with van der Waals surface area (Å²) in [5.74, 6) is 0.733. The standard InChI is InChI=1S/C30H28N6O3/c1-17-16-33-28(34-17)22-6-5-7-23(14-22)35-29(37)27(31)24-15-21(12-13-25(24)32-3)19-8-10-20(11-9-19)26-18(2)39-36(4)30(26)38/h5-16,31-32H,1-4H3,(H,33,34)(H,35,37). The fourth-order valence-corrected chi connectivity index (χ4v) is 4.52. The predicted octanol–water partition coefficient (Wildman–Crippen LogP) is 5.37. The first-order valence-electron chi connectivity index (χ1n) is 12.4. The second-order valence-corrected chi connectivity index (χ2v) is 9.24. The number of anilines is 2. The summed E-state index contributed by atoms with van der Waals surface area (Å²) >= 11 is 0. The van der Waals surface area contributed by atoms with E-state index in [1.54, 1.807) is 33.3 Å². The normalized spacial score (nSPS) is 10.9.